The number of para-hydroxylation sites is 1. The molecule has 0 aliphatic carbocycles. The quantitative estimate of drug-likeness (QED) is 0.876. The zero-order valence-corrected chi connectivity index (χ0v) is 12.1. The van der Waals surface area contributed by atoms with E-state index in [0.717, 1.165) is 6.54 Å². The van der Waals surface area contributed by atoms with Crippen molar-refractivity contribution in [2.75, 3.05) is 5.32 Å². The van der Waals surface area contributed by atoms with E-state index in [9.17, 15) is 4.79 Å². The van der Waals surface area contributed by atoms with Crippen LogP contribution >= 0.6 is 0 Å². The number of carboxylic acid groups (broad SMARTS) is 1. The second-order valence-corrected chi connectivity index (χ2v) is 4.84. The number of aromatic carboxylic acids is 1. The van der Waals surface area contributed by atoms with E-state index in [0.29, 0.717) is 17.8 Å². The summed E-state index contributed by atoms with van der Waals surface area (Å²) >= 11 is 0. The zero-order chi connectivity index (χ0) is 14.7. The lowest BCUT2D eigenvalue weighted by Gasteiger charge is -2.10. The number of rotatable bonds is 5. The monoisotopic (exact) mass is 272 g/mol. The summed E-state index contributed by atoms with van der Waals surface area (Å²) in [5, 5.41) is 12.4. The van der Waals surface area contributed by atoms with E-state index in [1.165, 1.54) is 17.0 Å². The predicted octanol–water partition coefficient (Wildman–Crippen LogP) is 3.44. The number of nitrogens with one attached hydrogen (secondary N) is 1. The molecule has 20 heavy (non-hydrogen) atoms. The highest BCUT2D eigenvalue weighted by atomic mass is 16.4. The van der Waals surface area contributed by atoms with Crippen molar-refractivity contribution in [1.29, 1.82) is 0 Å². The number of aryl methyl sites for hydroxylation is 1. The van der Waals surface area contributed by atoms with Gasteiger partial charge in [0.15, 0.2) is 0 Å². The molecule has 0 fully saturated rings. The van der Waals surface area contributed by atoms with Gasteiger partial charge < -0.3 is 15.0 Å². The largest absolute Gasteiger partial charge is 0.478 e. The molecule has 2 rings (SSSR count). The maximum atomic E-state index is 11.2. The van der Waals surface area contributed by atoms with Crippen molar-refractivity contribution in [2.24, 2.45) is 0 Å². The fourth-order valence-corrected chi connectivity index (χ4v) is 2.55. The molecule has 0 unspecified atom stereocenters. The third kappa shape index (κ3) is 2.69. The molecule has 0 saturated heterocycles. The minimum absolute atomic E-state index is 0.303. The summed E-state index contributed by atoms with van der Waals surface area (Å²) in [6.45, 7) is 7.88. The fraction of sp³-hybridized carbons (Fsp3) is 0.312. The van der Waals surface area contributed by atoms with Crippen molar-refractivity contribution in [3.8, 4) is 0 Å². The lowest BCUT2D eigenvalue weighted by molar-refractivity contribution is 0.0698. The van der Waals surface area contributed by atoms with Gasteiger partial charge in [-0.3, -0.25) is 0 Å². The molecule has 1 heterocycles. The van der Waals surface area contributed by atoms with Gasteiger partial charge in [0.2, 0.25) is 0 Å². The predicted molar refractivity (Wildman–Crippen MR) is 80.3 cm³/mol. The molecule has 0 aliphatic heterocycles. The number of aromatic nitrogens is 1. The van der Waals surface area contributed by atoms with Crippen LogP contribution in [0.1, 0.15) is 34.2 Å². The van der Waals surface area contributed by atoms with Crippen LogP contribution in [0.4, 0.5) is 5.69 Å². The summed E-state index contributed by atoms with van der Waals surface area (Å²) in [5.41, 5.74) is 4.61. The Balaban J connectivity index is 2.19. The third-order valence-electron chi connectivity index (χ3n) is 3.62. The number of carboxylic acids is 1. The number of hydrogen-bond donors (Lipinski definition) is 2. The van der Waals surface area contributed by atoms with E-state index in [-0.39, 0.29) is 0 Å². The van der Waals surface area contributed by atoms with E-state index in [1.807, 2.05) is 6.07 Å². The van der Waals surface area contributed by atoms with Crippen molar-refractivity contribution in [3.63, 3.8) is 0 Å². The second kappa shape index (κ2) is 5.82. The first kappa shape index (κ1) is 14.2. The molecule has 4 heteroatoms. The first-order valence-corrected chi connectivity index (χ1v) is 6.76. The van der Waals surface area contributed by atoms with Gasteiger partial charge >= 0.3 is 5.97 Å². The summed E-state index contributed by atoms with van der Waals surface area (Å²) in [4.78, 5) is 11.2. The molecular weight excluding hydrogens is 252 g/mol. The van der Waals surface area contributed by atoms with Gasteiger partial charge in [0, 0.05) is 30.2 Å². The Labute approximate surface area is 119 Å². The number of anilines is 1. The van der Waals surface area contributed by atoms with Crippen LogP contribution in [0.25, 0.3) is 0 Å². The van der Waals surface area contributed by atoms with Crippen molar-refractivity contribution >= 4 is 11.7 Å². The molecule has 2 aromatic rings. The molecule has 0 aliphatic rings. The van der Waals surface area contributed by atoms with Crippen molar-refractivity contribution in [2.45, 2.75) is 33.9 Å². The molecule has 0 amide bonds. The summed E-state index contributed by atoms with van der Waals surface area (Å²) in [6, 6.07) is 9.12. The zero-order valence-electron chi connectivity index (χ0n) is 12.1. The lowest BCUT2D eigenvalue weighted by Crippen LogP contribution is -2.07. The molecule has 1 aromatic heterocycles. The van der Waals surface area contributed by atoms with Crippen LogP contribution in [-0.4, -0.2) is 15.6 Å². The fourth-order valence-electron chi connectivity index (χ4n) is 2.55. The van der Waals surface area contributed by atoms with Gasteiger partial charge in [0.05, 0.1) is 5.56 Å². The molecular formula is C16H20N2O2. The number of hydrogen-bond acceptors (Lipinski definition) is 2. The van der Waals surface area contributed by atoms with E-state index < -0.39 is 5.97 Å². The lowest BCUT2D eigenvalue weighted by atomic mass is 10.1. The van der Waals surface area contributed by atoms with Crippen LogP contribution in [0.2, 0.25) is 0 Å². The molecule has 0 bridgehead atoms. The smallest absolute Gasteiger partial charge is 0.337 e. The first-order valence-electron chi connectivity index (χ1n) is 6.76. The van der Waals surface area contributed by atoms with Crippen LogP contribution in [0.15, 0.2) is 30.3 Å². The molecule has 106 valence electrons. The van der Waals surface area contributed by atoms with Gasteiger partial charge in [-0.2, -0.15) is 0 Å². The van der Waals surface area contributed by atoms with Crippen LogP contribution in [-0.2, 0) is 13.1 Å². The number of nitrogens with zero attached hydrogens (tertiary/aromatic N) is 1. The maximum absolute atomic E-state index is 11.2. The highest BCUT2D eigenvalue weighted by molar-refractivity contribution is 5.94. The Morgan fingerprint density at radius 3 is 2.60 bits per heavy atom. The molecule has 1 aromatic carbocycles. The van der Waals surface area contributed by atoms with Gasteiger partial charge in [-0.1, -0.05) is 12.1 Å². The Morgan fingerprint density at radius 2 is 2.00 bits per heavy atom. The third-order valence-corrected chi connectivity index (χ3v) is 3.62. The molecule has 0 spiro atoms. The molecule has 0 atom stereocenters. The van der Waals surface area contributed by atoms with Gasteiger partial charge in [-0.25, -0.2) is 4.79 Å². The summed E-state index contributed by atoms with van der Waals surface area (Å²) in [6.07, 6.45) is 0. The molecule has 0 saturated carbocycles. The van der Waals surface area contributed by atoms with E-state index in [2.05, 4.69) is 36.7 Å². The van der Waals surface area contributed by atoms with Crippen LogP contribution in [0.5, 0.6) is 0 Å². The van der Waals surface area contributed by atoms with Gasteiger partial charge in [0.25, 0.3) is 0 Å². The van der Waals surface area contributed by atoms with Crippen molar-refractivity contribution in [3.05, 3.63) is 52.8 Å². The van der Waals surface area contributed by atoms with Crippen molar-refractivity contribution < 1.29 is 9.90 Å². The number of benzene rings is 1. The van der Waals surface area contributed by atoms with Gasteiger partial charge in [-0.05, 0) is 44.5 Å². The highest BCUT2D eigenvalue weighted by Gasteiger charge is 2.11. The van der Waals surface area contributed by atoms with Crippen LogP contribution < -0.4 is 5.32 Å². The Kier molecular flexibility index (Phi) is 4.13. The average molecular weight is 272 g/mol. The minimum Gasteiger partial charge on any atom is -0.478 e. The standard InChI is InChI=1S/C16H20N2O2/c1-4-18-11(2)9-13(12(18)3)10-17-15-8-6-5-7-14(15)16(19)20/h5-9,17H,4,10H2,1-3H3,(H,19,20). The van der Waals surface area contributed by atoms with Crippen LogP contribution in [0, 0.1) is 13.8 Å². The summed E-state index contributed by atoms with van der Waals surface area (Å²) in [7, 11) is 0. The van der Waals surface area contributed by atoms with Gasteiger partial charge in [-0.15, -0.1) is 0 Å². The minimum atomic E-state index is -0.910. The first-order chi connectivity index (χ1) is 9.54. The molecule has 4 nitrogen and oxygen atoms in total. The summed E-state index contributed by atoms with van der Waals surface area (Å²) in [5.74, 6) is -0.910. The Hall–Kier alpha value is -2.23. The average Bonchev–Trinajstić information content (AvgIpc) is 2.70. The highest BCUT2D eigenvalue weighted by Crippen LogP contribution is 2.19. The SMILES string of the molecule is CCn1c(C)cc(CNc2ccccc2C(=O)O)c1C. The maximum Gasteiger partial charge on any atom is 0.337 e. The second-order valence-electron chi connectivity index (χ2n) is 4.84. The Morgan fingerprint density at radius 1 is 1.30 bits per heavy atom. The molecule has 2 N–H and O–H groups in total. The molecule has 0 radical (unpaired) electrons. The van der Waals surface area contributed by atoms with Crippen molar-refractivity contribution in [1.82, 2.24) is 4.57 Å². The van der Waals surface area contributed by atoms with E-state index in [1.54, 1.807) is 18.2 Å². The normalized spacial score (nSPS) is 10.6. The number of carbonyl (C=O) groups is 1. The van der Waals surface area contributed by atoms with Crippen LogP contribution in [0.3, 0.4) is 0 Å². The van der Waals surface area contributed by atoms with E-state index in [4.69, 9.17) is 5.11 Å². The van der Waals surface area contributed by atoms with Gasteiger partial charge in [0.1, 0.15) is 0 Å². The topological polar surface area (TPSA) is 54.3 Å². The van der Waals surface area contributed by atoms with E-state index >= 15 is 0 Å². The Bertz CT molecular complexity index is 629. The summed E-state index contributed by atoms with van der Waals surface area (Å²) < 4.78 is 2.25.